The molecular weight excluding hydrogens is 172 g/mol. The molecule has 0 bridgehead atoms. The van der Waals surface area contributed by atoms with Crippen molar-refractivity contribution in [2.75, 3.05) is 7.11 Å². The second kappa shape index (κ2) is 2.70. The van der Waals surface area contributed by atoms with Crippen molar-refractivity contribution < 1.29 is 14.6 Å². The Bertz CT molecular complexity index is 364. The number of aliphatic hydroxyl groups excluding tert-OH is 1. The van der Waals surface area contributed by atoms with Crippen LogP contribution in [0.3, 0.4) is 0 Å². The Morgan fingerprint density at radius 3 is 3.15 bits per heavy atom. The lowest BCUT2D eigenvalue weighted by molar-refractivity contribution is 0.0848. The number of aromatic nitrogens is 1. The molecule has 5 heteroatoms. The summed E-state index contributed by atoms with van der Waals surface area (Å²) >= 11 is 0. The summed E-state index contributed by atoms with van der Waals surface area (Å²) in [5.74, 6) is -0.0217. The van der Waals surface area contributed by atoms with Crippen LogP contribution in [0.2, 0.25) is 0 Å². The maximum absolute atomic E-state index is 11.2. The van der Waals surface area contributed by atoms with Gasteiger partial charge in [0.2, 0.25) is 5.88 Å². The minimum Gasteiger partial charge on any atom is -0.481 e. The molecule has 13 heavy (non-hydrogen) atoms. The molecule has 1 aliphatic rings. The van der Waals surface area contributed by atoms with E-state index in [1.807, 2.05) is 0 Å². The van der Waals surface area contributed by atoms with Crippen LogP contribution in [-0.2, 0) is 0 Å². The predicted molar refractivity (Wildman–Crippen MR) is 43.2 cm³/mol. The lowest BCUT2D eigenvalue weighted by atomic mass is 10.1. The molecule has 0 aromatic carbocycles. The Morgan fingerprint density at radius 2 is 2.46 bits per heavy atom. The molecule has 0 fully saturated rings. The predicted octanol–water partition coefficient (Wildman–Crippen LogP) is -0.176. The van der Waals surface area contributed by atoms with E-state index < -0.39 is 6.23 Å². The van der Waals surface area contributed by atoms with Crippen molar-refractivity contribution >= 4 is 5.91 Å². The zero-order valence-electron chi connectivity index (χ0n) is 6.94. The lowest BCUT2D eigenvalue weighted by Crippen LogP contribution is -2.18. The Hall–Kier alpha value is -1.62. The minimum atomic E-state index is -1.01. The van der Waals surface area contributed by atoms with Gasteiger partial charge in [-0.1, -0.05) is 0 Å². The number of nitrogens with one attached hydrogen (secondary N) is 1. The topological polar surface area (TPSA) is 71.5 Å². The summed E-state index contributed by atoms with van der Waals surface area (Å²) < 4.78 is 4.91. The van der Waals surface area contributed by atoms with E-state index in [1.54, 1.807) is 6.07 Å². The van der Waals surface area contributed by atoms with Crippen LogP contribution in [0, 0.1) is 0 Å². The average molecular weight is 180 g/mol. The molecular formula is C8H8N2O3. The highest BCUT2D eigenvalue weighted by Crippen LogP contribution is 2.29. The minimum absolute atomic E-state index is 0.281. The number of ether oxygens (including phenoxy) is 1. The van der Waals surface area contributed by atoms with Crippen molar-refractivity contribution in [3.63, 3.8) is 0 Å². The van der Waals surface area contributed by atoms with Crippen molar-refractivity contribution in [2.24, 2.45) is 0 Å². The second-order valence-electron chi connectivity index (χ2n) is 2.66. The lowest BCUT2D eigenvalue weighted by Gasteiger charge is -2.06. The number of aliphatic hydroxyl groups is 1. The zero-order chi connectivity index (χ0) is 9.42. The van der Waals surface area contributed by atoms with E-state index in [9.17, 15) is 9.90 Å². The summed E-state index contributed by atoms with van der Waals surface area (Å²) in [7, 11) is 1.44. The molecule has 0 aliphatic carbocycles. The molecule has 1 aromatic rings. The smallest absolute Gasteiger partial charge is 0.254 e. The number of fused-ring (bicyclic) bond motifs is 1. The number of amides is 1. The van der Waals surface area contributed by atoms with Crippen molar-refractivity contribution in [1.29, 1.82) is 0 Å². The molecule has 1 aromatic heterocycles. The van der Waals surface area contributed by atoms with Gasteiger partial charge in [-0.15, -0.1) is 0 Å². The standard InChI is InChI=1S/C8H8N2O3/c1-13-8-5-4(2-3-9-8)6(11)10-7(5)12/h2-3,7,12H,1H3,(H,10,11). The number of carbonyl (C=O) groups is 1. The first-order valence-electron chi connectivity index (χ1n) is 3.76. The molecule has 2 rings (SSSR count). The molecule has 1 unspecified atom stereocenters. The molecule has 1 amide bonds. The fourth-order valence-corrected chi connectivity index (χ4v) is 1.35. The van der Waals surface area contributed by atoms with Crippen LogP contribution in [0.15, 0.2) is 12.3 Å². The highest BCUT2D eigenvalue weighted by Gasteiger charge is 2.30. The van der Waals surface area contributed by atoms with E-state index in [0.717, 1.165) is 0 Å². The summed E-state index contributed by atoms with van der Waals surface area (Å²) in [4.78, 5) is 15.1. The highest BCUT2D eigenvalue weighted by molar-refractivity contribution is 5.99. The molecule has 1 atom stereocenters. The highest BCUT2D eigenvalue weighted by atomic mass is 16.5. The van der Waals surface area contributed by atoms with Gasteiger partial charge in [-0.05, 0) is 6.07 Å². The Labute approximate surface area is 74.4 Å². The number of nitrogens with zero attached hydrogens (tertiary/aromatic N) is 1. The first-order chi connectivity index (χ1) is 6.24. The van der Waals surface area contributed by atoms with E-state index in [4.69, 9.17) is 4.74 Å². The molecule has 1 aliphatic heterocycles. The number of carbonyl (C=O) groups excluding carboxylic acids is 1. The van der Waals surface area contributed by atoms with E-state index in [0.29, 0.717) is 11.1 Å². The number of hydrogen-bond acceptors (Lipinski definition) is 4. The van der Waals surface area contributed by atoms with E-state index in [1.165, 1.54) is 13.3 Å². The molecule has 0 radical (unpaired) electrons. The van der Waals surface area contributed by atoms with Gasteiger partial charge in [0, 0.05) is 6.20 Å². The Morgan fingerprint density at radius 1 is 1.69 bits per heavy atom. The molecule has 0 saturated heterocycles. The van der Waals surface area contributed by atoms with Gasteiger partial charge in [-0.2, -0.15) is 0 Å². The van der Waals surface area contributed by atoms with Gasteiger partial charge in [0.25, 0.3) is 5.91 Å². The summed E-state index contributed by atoms with van der Waals surface area (Å²) in [5.41, 5.74) is 0.828. The average Bonchev–Trinajstić information content (AvgIpc) is 2.43. The third-order valence-electron chi connectivity index (χ3n) is 1.93. The Kier molecular flexibility index (Phi) is 1.66. The molecule has 2 N–H and O–H groups in total. The maximum atomic E-state index is 11.2. The quantitative estimate of drug-likeness (QED) is 0.629. The fourth-order valence-electron chi connectivity index (χ4n) is 1.35. The summed E-state index contributed by atoms with van der Waals surface area (Å²) in [6.45, 7) is 0. The second-order valence-corrected chi connectivity index (χ2v) is 2.66. The fraction of sp³-hybridized carbons (Fsp3) is 0.250. The van der Waals surface area contributed by atoms with Crippen LogP contribution in [0.1, 0.15) is 22.1 Å². The summed E-state index contributed by atoms with van der Waals surface area (Å²) in [6.07, 6.45) is 0.459. The first-order valence-corrected chi connectivity index (χ1v) is 3.76. The number of methoxy groups -OCH3 is 1. The van der Waals surface area contributed by atoms with Crippen molar-refractivity contribution in [1.82, 2.24) is 10.3 Å². The Balaban J connectivity index is 2.62. The van der Waals surface area contributed by atoms with Gasteiger partial charge in [0.1, 0.15) is 0 Å². The largest absolute Gasteiger partial charge is 0.481 e. The molecule has 2 heterocycles. The normalized spacial score (nSPS) is 19.5. The van der Waals surface area contributed by atoms with Crippen LogP contribution in [0.25, 0.3) is 0 Å². The van der Waals surface area contributed by atoms with Gasteiger partial charge < -0.3 is 15.2 Å². The van der Waals surface area contributed by atoms with Gasteiger partial charge in [0.15, 0.2) is 6.23 Å². The third-order valence-corrected chi connectivity index (χ3v) is 1.93. The molecule has 5 nitrogen and oxygen atoms in total. The molecule has 0 spiro atoms. The van der Waals surface area contributed by atoms with Gasteiger partial charge >= 0.3 is 0 Å². The van der Waals surface area contributed by atoms with Crippen molar-refractivity contribution in [3.05, 3.63) is 23.4 Å². The van der Waals surface area contributed by atoms with Crippen LogP contribution in [-0.4, -0.2) is 23.1 Å². The maximum Gasteiger partial charge on any atom is 0.254 e. The third kappa shape index (κ3) is 1.05. The van der Waals surface area contributed by atoms with E-state index in [2.05, 4.69) is 10.3 Å². The summed E-state index contributed by atoms with van der Waals surface area (Å²) in [6, 6.07) is 1.55. The van der Waals surface area contributed by atoms with Crippen molar-refractivity contribution in [3.8, 4) is 5.88 Å². The van der Waals surface area contributed by atoms with Gasteiger partial charge in [0.05, 0.1) is 18.2 Å². The number of hydrogen-bond donors (Lipinski definition) is 2. The van der Waals surface area contributed by atoms with Crippen molar-refractivity contribution in [2.45, 2.75) is 6.23 Å². The van der Waals surface area contributed by atoms with Crippen LogP contribution in [0.4, 0.5) is 0 Å². The summed E-state index contributed by atoms with van der Waals surface area (Å²) in [5, 5.41) is 11.8. The SMILES string of the molecule is COc1nccc2c1C(O)NC2=O. The molecule has 68 valence electrons. The first kappa shape index (κ1) is 8.00. The van der Waals surface area contributed by atoms with Gasteiger partial charge in [-0.25, -0.2) is 4.98 Å². The van der Waals surface area contributed by atoms with Gasteiger partial charge in [-0.3, -0.25) is 4.79 Å². The van der Waals surface area contributed by atoms with Crippen LogP contribution >= 0.6 is 0 Å². The van der Waals surface area contributed by atoms with Crippen LogP contribution < -0.4 is 10.1 Å². The number of pyridine rings is 1. The van der Waals surface area contributed by atoms with E-state index in [-0.39, 0.29) is 11.8 Å². The zero-order valence-corrected chi connectivity index (χ0v) is 6.94. The molecule has 0 saturated carbocycles. The monoisotopic (exact) mass is 180 g/mol. The number of rotatable bonds is 1. The van der Waals surface area contributed by atoms with E-state index >= 15 is 0 Å². The van der Waals surface area contributed by atoms with Crippen LogP contribution in [0.5, 0.6) is 5.88 Å².